The third kappa shape index (κ3) is 6.41. The van der Waals surface area contributed by atoms with Gasteiger partial charge >= 0.3 is 11.9 Å². The number of fused-ring (bicyclic) bond motifs is 2. The summed E-state index contributed by atoms with van der Waals surface area (Å²) >= 11 is 0. The van der Waals surface area contributed by atoms with E-state index in [1.54, 1.807) is 23.6 Å². The van der Waals surface area contributed by atoms with E-state index < -0.39 is 0 Å². The number of carbonyl (C=O) groups is 4. The first-order chi connectivity index (χ1) is 18.4. The van der Waals surface area contributed by atoms with Gasteiger partial charge in [-0.25, -0.2) is 0 Å². The van der Waals surface area contributed by atoms with Crippen LogP contribution in [0.5, 0.6) is 0 Å². The maximum atomic E-state index is 12.3. The van der Waals surface area contributed by atoms with Gasteiger partial charge in [-0.2, -0.15) is 0 Å². The van der Waals surface area contributed by atoms with Crippen molar-refractivity contribution in [3.63, 3.8) is 0 Å². The van der Waals surface area contributed by atoms with Crippen LogP contribution in [0.4, 0.5) is 0 Å². The van der Waals surface area contributed by atoms with Crippen molar-refractivity contribution < 1.29 is 28.7 Å². The highest BCUT2D eigenvalue weighted by molar-refractivity contribution is 6.00. The molecule has 0 aromatic heterocycles. The van der Waals surface area contributed by atoms with Crippen LogP contribution in [0.1, 0.15) is 97.3 Å². The summed E-state index contributed by atoms with van der Waals surface area (Å²) < 4.78 is 10.0. The van der Waals surface area contributed by atoms with E-state index in [-0.39, 0.29) is 48.7 Å². The fraction of sp³-hybridized carbons (Fsp3) is 0.467. The van der Waals surface area contributed by atoms with Crippen molar-refractivity contribution in [1.82, 2.24) is 9.80 Å². The molecule has 2 aromatic rings. The maximum absolute atomic E-state index is 12.3. The van der Waals surface area contributed by atoms with E-state index in [9.17, 15) is 19.2 Å². The molecular formula is C30H38N2O6. The summed E-state index contributed by atoms with van der Waals surface area (Å²) in [5.41, 5.74) is 3.30. The third-order valence-corrected chi connectivity index (χ3v) is 6.63. The zero-order valence-corrected chi connectivity index (χ0v) is 22.8. The molecule has 8 heteroatoms. The number of rotatable bonds is 10. The lowest BCUT2D eigenvalue weighted by atomic mass is 10.0. The lowest BCUT2D eigenvalue weighted by Gasteiger charge is -2.24. The molecule has 38 heavy (non-hydrogen) atoms. The van der Waals surface area contributed by atoms with Crippen LogP contribution in [0.15, 0.2) is 48.5 Å². The summed E-state index contributed by atoms with van der Waals surface area (Å²) in [7, 11) is 0. The molecule has 2 aliphatic heterocycles. The van der Waals surface area contributed by atoms with Crippen LogP contribution in [0.3, 0.4) is 0 Å². The Morgan fingerprint density at radius 1 is 0.658 bits per heavy atom. The van der Waals surface area contributed by atoms with Crippen molar-refractivity contribution in [3.05, 3.63) is 70.8 Å². The van der Waals surface area contributed by atoms with Crippen LogP contribution in [-0.2, 0) is 19.1 Å². The van der Waals surface area contributed by atoms with Crippen molar-refractivity contribution in [1.29, 1.82) is 0 Å². The molecule has 204 valence electrons. The lowest BCUT2D eigenvalue weighted by molar-refractivity contribution is -0.145. The summed E-state index contributed by atoms with van der Waals surface area (Å²) in [6.07, 6.45) is 2.21. The van der Waals surface area contributed by atoms with Crippen LogP contribution in [0.2, 0.25) is 0 Å². The van der Waals surface area contributed by atoms with Gasteiger partial charge in [-0.1, -0.05) is 50.2 Å². The van der Waals surface area contributed by atoms with Crippen molar-refractivity contribution in [2.24, 2.45) is 0 Å². The number of carbonyl (C=O) groups excluding carboxylic acids is 4. The normalized spacial score (nSPS) is 17.5. The van der Waals surface area contributed by atoms with Crippen LogP contribution in [-0.4, -0.2) is 59.9 Å². The molecule has 2 amide bonds. The second kappa shape index (κ2) is 13.7. The highest BCUT2D eigenvalue weighted by atomic mass is 16.5. The van der Waals surface area contributed by atoms with Crippen molar-refractivity contribution in [3.8, 4) is 0 Å². The summed E-state index contributed by atoms with van der Waals surface area (Å²) in [6.45, 7) is 9.69. The minimum atomic E-state index is -0.252. The molecule has 0 saturated heterocycles. The quantitative estimate of drug-likeness (QED) is 0.404. The van der Waals surface area contributed by atoms with E-state index in [2.05, 4.69) is 0 Å². The van der Waals surface area contributed by atoms with Gasteiger partial charge in [0, 0.05) is 24.2 Å². The number of hydrogen-bond donors (Lipinski definition) is 0. The molecule has 0 radical (unpaired) electrons. The number of amides is 2. The van der Waals surface area contributed by atoms with Crippen LogP contribution in [0.25, 0.3) is 0 Å². The van der Waals surface area contributed by atoms with Crippen LogP contribution >= 0.6 is 0 Å². The van der Waals surface area contributed by atoms with Crippen molar-refractivity contribution in [2.45, 2.75) is 65.5 Å². The second-order valence-corrected chi connectivity index (χ2v) is 9.22. The molecule has 0 N–H and O–H groups in total. The predicted molar refractivity (Wildman–Crippen MR) is 144 cm³/mol. The smallest absolute Gasteiger partial charge is 0.308 e. The molecule has 0 spiro atoms. The zero-order valence-electron chi connectivity index (χ0n) is 22.8. The van der Waals surface area contributed by atoms with Gasteiger partial charge in [0.05, 0.1) is 38.1 Å². The van der Waals surface area contributed by atoms with E-state index in [1.165, 1.54) is 0 Å². The standard InChI is InChI=1S/2C15H19NO3/c2*1-3-9-16-13(10-14(17)19-4-2)11-7-5-6-8-12(11)15(16)18/h2*5-8,13H,3-4,9-10H2,1-2H3. The topological polar surface area (TPSA) is 93.2 Å². The van der Waals surface area contributed by atoms with Gasteiger partial charge < -0.3 is 19.3 Å². The van der Waals surface area contributed by atoms with Gasteiger partial charge in [-0.3, -0.25) is 19.2 Å². The van der Waals surface area contributed by atoms with E-state index in [4.69, 9.17) is 9.47 Å². The lowest BCUT2D eigenvalue weighted by Crippen LogP contribution is -2.30. The fourth-order valence-corrected chi connectivity index (χ4v) is 5.09. The Kier molecular flexibility index (Phi) is 10.4. The molecule has 0 bridgehead atoms. The number of nitrogens with zero attached hydrogens (tertiary/aromatic N) is 2. The predicted octanol–water partition coefficient (Wildman–Crippen LogP) is 5.09. The molecular weight excluding hydrogens is 484 g/mol. The van der Waals surface area contributed by atoms with Gasteiger partial charge in [-0.05, 0) is 49.9 Å². The van der Waals surface area contributed by atoms with Gasteiger partial charge in [0.25, 0.3) is 11.8 Å². The number of hydrogen-bond acceptors (Lipinski definition) is 6. The minimum Gasteiger partial charge on any atom is -0.466 e. The molecule has 0 aliphatic carbocycles. The van der Waals surface area contributed by atoms with Gasteiger partial charge in [0.1, 0.15) is 0 Å². The van der Waals surface area contributed by atoms with Gasteiger partial charge in [0.15, 0.2) is 0 Å². The van der Waals surface area contributed by atoms with E-state index in [0.29, 0.717) is 37.4 Å². The maximum Gasteiger partial charge on any atom is 0.308 e. The molecule has 0 saturated carbocycles. The van der Waals surface area contributed by atoms with Crippen LogP contribution < -0.4 is 0 Å². The highest BCUT2D eigenvalue weighted by Gasteiger charge is 2.38. The minimum absolute atomic E-state index is 0.0201. The Balaban J connectivity index is 0.000000211. The van der Waals surface area contributed by atoms with Crippen molar-refractivity contribution in [2.75, 3.05) is 26.3 Å². The fourth-order valence-electron chi connectivity index (χ4n) is 5.09. The zero-order chi connectivity index (χ0) is 27.7. The van der Waals surface area contributed by atoms with Gasteiger partial charge in [0.2, 0.25) is 0 Å². The molecule has 0 fully saturated rings. The Hall–Kier alpha value is -3.68. The molecule has 8 nitrogen and oxygen atoms in total. The molecule has 4 rings (SSSR count). The summed E-state index contributed by atoms with van der Waals surface area (Å²) in [4.78, 5) is 51.6. The average molecular weight is 523 g/mol. The second-order valence-electron chi connectivity index (χ2n) is 9.22. The SMILES string of the molecule is CCCN1C(=O)c2ccccc2C1CC(=O)OCC.CCCN1C(=O)c2ccccc2C1CC(=O)OCC. The number of benzene rings is 2. The molecule has 2 unspecified atom stereocenters. The summed E-state index contributed by atoms with van der Waals surface area (Å²) in [5, 5.41) is 0. The molecule has 2 heterocycles. The highest BCUT2D eigenvalue weighted by Crippen LogP contribution is 2.37. The molecule has 2 aromatic carbocycles. The van der Waals surface area contributed by atoms with E-state index in [0.717, 1.165) is 24.0 Å². The monoisotopic (exact) mass is 522 g/mol. The summed E-state index contributed by atoms with van der Waals surface area (Å²) in [5.74, 6) is -0.463. The molecule has 2 atom stereocenters. The Morgan fingerprint density at radius 3 is 1.37 bits per heavy atom. The third-order valence-electron chi connectivity index (χ3n) is 6.63. The first-order valence-corrected chi connectivity index (χ1v) is 13.5. The average Bonchev–Trinajstić information content (AvgIpc) is 3.32. The molecule has 2 aliphatic rings. The van der Waals surface area contributed by atoms with E-state index >= 15 is 0 Å². The Labute approximate surface area is 224 Å². The Morgan fingerprint density at radius 2 is 1.03 bits per heavy atom. The van der Waals surface area contributed by atoms with E-state index in [1.807, 2.05) is 62.4 Å². The Bertz CT molecular complexity index is 1060. The first kappa shape index (κ1) is 28.9. The first-order valence-electron chi connectivity index (χ1n) is 13.5. The number of ether oxygens (including phenoxy) is 2. The van der Waals surface area contributed by atoms with Crippen LogP contribution in [0, 0.1) is 0 Å². The number of esters is 2. The largest absolute Gasteiger partial charge is 0.466 e. The van der Waals surface area contributed by atoms with Crippen molar-refractivity contribution >= 4 is 23.8 Å². The summed E-state index contributed by atoms with van der Waals surface area (Å²) in [6, 6.07) is 14.7. The van der Waals surface area contributed by atoms with Gasteiger partial charge in [-0.15, -0.1) is 0 Å².